The van der Waals surface area contributed by atoms with Gasteiger partial charge in [0, 0.05) is 11.0 Å². The molecule has 1 aromatic rings. The van der Waals surface area contributed by atoms with Gasteiger partial charge < -0.3 is 5.73 Å². The summed E-state index contributed by atoms with van der Waals surface area (Å²) in [6, 6.07) is 4.87. The van der Waals surface area contributed by atoms with Crippen molar-refractivity contribution >= 4 is 31.6 Å². The fourth-order valence-corrected chi connectivity index (χ4v) is 4.41. The molecule has 1 aliphatic rings. The molecular weight excluding hydrogens is 340 g/mol. The molecule has 1 aliphatic carbocycles. The standard InChI is InChI=1S/C14H21BrN2O2S/c15-12-6-7-13(16)14(10-12)20(18,19)17-9-8-11-4-2-1-3-5-11/h6-7,10-11,17H,1-5,8-9,16H2. The van der Waals surface area contributed by atoms with Crippen molar-refractivity contribution in [2.45, 2.75) is 43.4 Å². The number of halogens is 1. The van der Waals surface area contributed by atoms with E-state index in [0.29, 0.717) is 16.9 Å². The molecule has 1 fully saturated rings. The van der Waals surface area contributed by atoms with Gasteiger partial charge >= 0.3 is 0 Å². The van der Waals surface area contributed by atoms with Crippen LogP contribution in [0.5, 0.6) is 0 Å². The quantitative estimate of drug-likeness (QED) is 0.791. The number of sulfonamides is 1. The predicted octanol–water partition coefficient (Wildman–Crippen LogP) is 3.28. The summed E-state index contributed by atoms with van der Waals surface area (Å²) in [7, 11) is -3.52. The van der Waals surface area contributed by atoms with Crippen LogP contribution in [-0.4, -0.2) is 15.0 Å². The highest BCUT2D eigenvalue weighted by Crippen LogP contribution is 2.26. The maximum atomic E-state index is 12.2. The first kappa shape index (κ1) is 15.8. The van der Waals surface area contributed by atoms with E-state index in [1.165, 1.54) is 38.2 Å². The Morgan fingerprint density at radius 3 is 2.65 bits per heavy atom. The molecule has 0 aliphatic heterocycles. The first-order chi connectivity index (χ1) is 9.49. The van der Waals surface area contributed by atoms with Gasteiger partial charge in [-0.3, -0.25) is 0 Å². The lowest BCUT2D eigenvalue weighted by Gasteiger charge is -2.21. The lowest BCUT2D eigenvalue weighted by atomic mass is 9.87. The van der Waals surface area contributed by atoms with Crippen LogP contribution in [0.3, 0.4) is 0 Å². The van der Waals surface area contributed by atoms with Crippen LogP contribution < -0.4 is 10.5 Å². The van der Waals surface area contributed by atoms with Crippen molar-refractivity contribution in [1.82, 2.24) is 4.72 Å². The van der Waals surface area contributed by atoms with E-state index in [1.807, 2.05) is 0 Å². The van der Waals surface area contributed by atoms with E-state index in [1.54, 1.807) is 12.1 Å². The third-order valence-corrected chi connectivity index (χ3v) is 5.84. The summed E-state index contributed by atoms with van der Waals surface area (Å²) in [5, 5.41) is 0. The summed E-state index contributed by atoms with van der Waals surface area (Å²) >= 11 is 3.27. The van der Waals surface area contributed by atoms with Crippen LogP contribution in [0.15, 0.2) is 27.6 Å². The van der Waals surface area contributed by atoms with Crippen molar-refractivity contribution in [3.05, 3.63) is 22.7 Å². The summed E-state index contributed by atoms with van der Waals surface area (Å²) < 4.78 is 27.8. The van der Waals surface area contributed by atoms with Crippen molar-refractivity contribution in [3.63, 3.8) is 0 Å². The topological polar surface area (TPSA) is 72.2 Å². The largest absolute Gasteiger partial charge is 0.398 e. The third-order valence-electron chi connectivity index (χ3n) is 3.83. The number of hydrogen-bond acceptors (Lipinski definition) is 3. The Bertz CT molecular complexity index is 554. The van der Waals surface area contributed by atoms with Gasteiger partial charge in [0.1, 0.15) is 4.90 Å². The van der Waals surface area contributed by atoms with Gasteiger partial charge in [0.15, 0.2) is 0 Å². The minimum Gasteiger partial charge on any atom is -0.398 e. The van der Waals surface area contributed by atoms with Gasteiger partial charge in [-0.05, 0) is 30.5 Å². The molecule has 20 heavy (non-hydrogen) atoms. The maximum absolute atomic E-state index is 12.2. The highest BCUT2D eigenvalue weighted by atomic mass is 79.9. The molecule has 0 bridgehead atoms. The summed E-state index contributed by atoms with van der Waals surface area (Å²) in [5.41, 5.74) is 6.03. The summed E-state index contributed by atoms with van der Waals surface area (Å²) in [4.78, 5) is 0.149. The van der Waals surface area contributed by atoms with Crippen molar-refractivity contribution in [3.8, 4) is 0 Å². The molecule has 4 nitrogen and oxygen atoms in total. The molecule has 2 rings (SSSR count). The van der Waals surface area contributed by atoms with Gasteiger partial charge in [-0.25, -0.2) is 13.1 Å². The predicted molar refractivity (Wildman–Crippen MR) is 84.9 cm³/mol. The molecule has 1 saturated carbocycles. The minimum absolute atomic E-state index is 0.149. The van der Waals surface area contributed by atoms with E-state index in [-0.39, 0.29) is 10.6 Å². The van der Waals surface area contributed by atoms with Crippen LogP contribution in [0.4, 0.5) is 5.69 Å². The van der Waals surface area contributed by atoms with Gasteiger partial charge in [-0.15, -0.1) is 0 Å². The highest BCUT2D eigenvalue weighted by Gasteiger charge is 2.19. The van der Waals surface area contributed by atoms with Crippen LogP contribution in [0, 0.1) is 5.92 Å². The Morgan fingerprint density at radius 1 is 1.25 bits per heavy atom. The van der Waals surface area contributed by atoms with Crippen LogP contribution in [0.1, 0.15) is 38.5 Å². The van der Waals surface area contributed by atoms with Crippen LogP contribution >= 0.6 is 15.9 Å². The zero-order valence-electron chi connectivity index (χ0n) is 11.4. The summed E-state index contributed by atoms with van der Waals surface area (Å²) in [6.45, 7) is 0.485. The van der Waals surface area contributed by atoms with E-state index in [4.69, 9.17) is 5.73 Å². The Morgan fingerprint density at radius 2 is 1.95 bits per heavy atom. The summed E-state index contributed by atoms with van der Waals surface area (Å²) in [6.07, 6.45) is 7.22. The molecule has 3 N–H and O–H groups in total. The van der Waals surface area contributed by atoms with Crippen molar-refractivity contribution in [1.29, 1.82) is 0 Å². The molecule has 6 heteroatoms. The zero-order valence-corrected chi connectivity index (χ0v) is 13.8. The number of rotatable bonds is 5. The molecule has 0 aromatic heterocycles. The molecule has 0 spiro atoms. The first-order valence-electron chi connectivity index (χ1n) is 7.04. The maximum Gasteiger partial charge on any atom is 0.242 e. The molecule has 0 saturated heterocycles. The van der Waals surface area contributed by atoms with Crippen molar-refractivity contribution < 1.29 is 8.42 Å². The lowest BCUT2D eigenvalue weighted by Crippen LogP contribution is -2.27. The third kappa shape index (κ3) is 4.20. The normalized spacial score (nSPS) is 17.2. The molecule has 0 unspecified atom stereocenters. The Balaban J connectivity index is 1.95. The Hall–Kier alpha value is -0.590. The van der Waals surface area contributed by atoms with E-state index in [2.05, 4.69) is 20.7 Å². The second-order valence-electron chi connectivity index (χ2n) is 5.37. The van der Waals surface area contributed by atoms with Gasteiger partial charge in [0.25, 0.3) is 0 Å². The van der Waals surface area contributed by atoms with Crippen LogP contribution in [0.25, 0.3) is 0 Å². The molecule has 0 amide bonds. The number of nitrogens with one attached hydrogen (secondary N) is 1. The highest BCUT2D eigenvalue weighted by molar-refractivity contribution is 9.10. The minimum atomic E-state index is -3.52. The molecule has 0 atom stereocenters. The van der Waals surface area contributed by atoms with Crippen molar-refractivity contribution in [2.75, 3.05) is 12.3 Å². The molecule has 112 valence electrons. The summed E-state index contributed by atoms with van der Waals surface area (Å²) in [5.74, 6) is 0.659. The fourth-order valence-electron chi connectivity index (χ4n) is 2.69. The Kier molecular flexibility index (Phi) is 5.46. The van der Waals surface area contributed by atoms with Gasteiger partial charge in [0.05, 0.1) is 5.69 Å². The number of hydrogen-bond donors (Lipinski definition) is 2. The number of nitrogens with two attached hydrogens (primary N) is 1. The second kappa shape index (κ2) is 6.91. The number of benzene rings is 1. The van der Waals surface area contributed by atoms with Gasteiger partial charge in [0.2, 0.25) is 10.0 Å². The average molecular weight is 361 g/mol. The molecule has 0 radical (unpaired) electrons. The molecular formula is C14H21BrN2O2S. The number of anilines is 1. The van der Waals surface area contributed by atoms with E-state index in [0.717, 1.165) is 6.42 Å². The first-order valence-corrected chi connectivity index (χ1v) is 9.31. The van der Waals surface area contributed by atoms with E-state index in [9.17, 15) is 8.42 Å². The molecule has 1 aromatic carbocycles. The lowest BCUT2D eigenvalue weighted by molar-refractivity contribution is 0.339. The monoisotopic (exact) mass is 360 g/mol. The van der Waals surface area contributed by atoms with Gasteiger partial charge in [-0.2, -0.15) is 0 Å². The molecule has 0 heterocycles. The average Bonchev–Trinajstić information content (AvgIpc) is 2.42. The fraction of sp³-hybridized carbons (Fsp3) is 0.571. The van der Waals surface area contributed by atoms with Crippen molar-refractivity contribution in [2.24, 2.45) is 5.92 Å². The number of nitrogen functional groups attached to an aromatic ring is 1. The SMILES string of the molecule is Nc1ccc(Br)cc1S(=O)(=O)NCCC1CCCCC1. The van der Waals surface area contributed by atoms with Crippen LogP contribution in [-0.2, 0) is 10.0 Å². The van der Waals surface area contributed by atoms with Crippen LogP contribution in [0.2, 0.25) is 0 Å². The Labute approximate surface area is 129 Å². The van der Waals surface area contributed by atoms with Gasteiger partial charge in [-0.1, -0.05) is 48.0 Å². The van der Waals surface area contributed by atoms with E-state index < -0.39 is 10.0 Å². The zero-order chi connectivity index (χ0) is 14.6. The second-order valence-corrected chi connectivity index (χ2v) is 8.02. The smallest absolute Gasteiger partial charge is 0.242 e. The van der Waals surface area contributed by atoms with E-state index >= 15 is 0 Å².